The average molecular weight is 394 g/mol. The van der Waals surface area contributed by atoms with Crippen molar-refractivity contribution in [3.8, 4) is 5.88 Å². The number of nitrogens with one attached hydrogen (secondary N) is 2. The van der Waals surface area contributed by atoms with Crippen molar-refractivity contribution in [2.45, 2.75) is 12.2 Å². The standard InChI is InChI=1S/C18H17F3N4O3/c1-28-14-10-11(6-7-22-14)24-17(27)25-9-8-23-16(26)15(25)12-4-2-3-5-13(12)18(19,20)21/h2-7,10,15H,8-9H2,1H3,(H,23,26)(H,22,24,27). The van der Waals surface area contributed by atoms with Crippen molar-refractivity contribution < 1.29 is 27.5 Å². The molecule has 1 fully saturated rings. The van der Waals surface area contributed by atoms with Gasteiger partial charge in [-0.2, -0.15) is 13.2 Å². The van der Waals surface area contributed by atoms with E-state index in [-0.39, 0.29) is 24.5 Å². The van der Waals surface area contributed by atoms with Crippen LogP contribution in [0.1, 0.15) is 17.2 Å². The number of hydrogen-bond acceptors (Lipinski definition) is 4. The molecular weight excluding hydrogens is 377 g/mol. The smallest absolute Gasteiger partial charge is 0.416 e. The maximum atomic E-state index is 13.4. The lowest BCUT2D eigenvalue weighted by atomic mass is 9.96. The summed E-state index contributed by atoms with van der Waals surface area (Å²) in [6, 6.07) is 5.58. The molecule has 0 spiro atoms. The molecule has 0 saturated carbocycles. The summed E-state index contributed by atoms with van der Waals surface area (Å²) >= 11 is 0. The minimum atomic E-state index is -4.66. The predicted molar refractivity (Wildman–Crippen MR) is 93.7 cm³/mol. The third kappa shape index (κ3) is 4.00. The summed E-state index contributed by atoms with van der Waals surface area (Å²) in [5.74, 6) is -0.418. The Labute approximate surface area is 158 Å². The maximum absolute atomic E-state index is 13.4. The van der Waals surface area contributed by atoms with Crippen LogP contribution < -0.4 is 15.4 Å². The van der Waals surface area contributed by atoms with Gasteiger partial charge in [0, 0.05) is 31.0 Å². The second kappa shape index (κ2) is 7.75. The van der Waals surface area contributed by atoms with Gasteiger partial charge in [0.05, 0.1) is 12.7 Å². The van der Waals surface area contributed by atoms with Gasteiger partial charge in [0.25, 0.3) is 0 Å². The lowest BCUT2D eigenvalue weighted by Crippen LogP contribution is -2.53. The number of halogens is 3. The second-order valence-electron chi connectivity index (χ2n) is 5.99. The van der Waals surface area contributed by atoms with Crippen LogP contribution in [0.2, 0.25) is 0 Å². The molecule has 148 valence electrons. The highest BCUT2D eigenvalue weighted by molar-refractivity contribution is 5.95. The topological polar surface area (TPSA) is 83.6 Å². The van der Waals surface area contributed by atoms with Gasteiger partial charge >= 0.3 is 12.2 Å². The van der Waals surface area contributed by atoms with E-state index in [1.807, 2.05) is 0 Å². The van der Waals surface area contributed by atoms with Gasteiger partial charge in [-0.05, 0) is 17.7 Å². The molecule has 0 aliphatic carbocycles. The van der Waals surface area contributed by atoms with E-state index in [9.17, 15) is 22.8 Å². The van der Waals surface area contributed by atoms with Gasteiger partial charge in [0.1, 0.15) is 6.04 Å². The molecule has 1 saturated heterocycles. The largest absolute Gasteiger partial charge is 0.481 e. The molecule has 1 aliphatic rings. The number of benzene rings is 1. The second-order valence-corrected chi connectivity index (χ2v) is 5.99. The van der Waals surface area contributed by atoms with Crippen molar-refractivity contribution in [3.63, 3.8) is 0 Å². The molecular formula is C18H17F3N4O3. The van der Waals surface area contributed by atoms with Crippen LogP contribution in [-0.4, -0.2) is 42.0 Å². The van der Waals surface area contributed by atoms with Gasteiger partial charge in [-0.25, -0.2) is 9.78 Å². The van der Waals surface area contributed by atoms with E-state index in [2.05, 4.69) is 15.6 Å². The molecule has 1 atom stereocenters. The number of rotatable bonds is 3. The molecule has 2 N–H and O–H groups in total. The maximum Gasteiger partial charge on any atom is 0.416 e. The van der Waals surface area contributed by atoms with E-state index in [1.54, 1.807) is 0 Å². The minimum Gasteiger partial charge on any atom is -0.481 e. The monoisotopic (exact) mass is 394 g/mol. The predicted octanol–water partition coefficient (Wildman–Crippen LogP) is 2.81. The lowest BCUT2D eigenvalue weighted by molar-refractivity contribution is -0.139. The zero-order valence-electron chi connectivity index (χ0n) is 14.8. The number of alkyl halides is 3. The van der Waals surface area contributed by atoms with Crippen molar-refractivity contribution >= 4 is 17.6 Å². The SMILES string of the molecule is COc1cc(NC(=O)N2CCNC(=O)C2c2ccccc2C(F)(F)F)ccn1. The first-order chi connectivity index (χ1) is 13.3. The number of amides is 3. The highest BCUT2D eigenvalue weighted by atomic mass is 19.4. The Kier molecular flexibility index (Phi) is 5.39. The molecule has 0 bridgehead atoms. The van der Waals surface area contributed by atoms with Gasteiger partial charge < -0.3 is 20.3 Å². The Morgan fingerprint density at radius 2 is 2.07 bits per heavy atom. The number of ether oxygens (including phenoxy) is 1. The van der Waals surface area contributed by atoms with E-state index in [4.69, 9.17) is 4.74 Å². The van der Waals surface area contributed by atoms with Crippen LogP contribution in [0.15, 0.2) is 42.6 Å². The fourth-order valence-corrected chi connectivity index (χ4v) is 2.98. The number of carbonyl (C=O) groups is 2. The number of anilines is 1. The number of aromatic nitrogens is 1. The van der Waals surface area contributed by atoms with Crippen molar-refractivity contribution in [1.82, 2.24) is 15.2 Å². The molecule has 3 amide bonds. The molecule has 2 heterocycles. The zero-order valence-corrected chi connectivity index (χ0v) is 14.8. The van der Waals surface area contributed by atoms with Crippen LogP contribution in [0.25, 0.3) is 0 Å². The molecule has 1 aliphatic heterocycles. The van der Waals surface area contributed by atoms with Crippen LogP contribution in [0, 0.1) is 0 Å². The van der Waals surface area contributed by atoms with Gasteiger partial charge in [0.15, 0.2) is 0 Å². The number of piperazine rings is 1. The summed E-state index contributed by atoms with van der Waals surface area (Å²) in [4.78, 5) is 30.2. The lowest BCUT2D eigenvalue weighted by Gasteiger charge is -2.36. The fraction of sp³-hybridized carbons (Fsp3) is 0.278. The van der Waals surface area contributed by atoms with Crippen LogP contribution in [-0.2, 0) is 11.0 Å². The minimum absolute atomic E-state index is 0.0522. The molecule has 3 rings (SSSR count). The molecule has 10 heteroatoms. The number of nitrogens with zero attached hydrogens (tertiary/aromatic N) is 2. The first-order valence-electron chi connectivity index (χ1n) is 8.33. The molecule has 1 aromatic carbocycles. The molecule has 2 aromatic rings. The Morgan fingerprint density at radius 1 is 1.32 bits per heavy atom. The first kappa shape index (κ1) is 19.5. The molecule has 1 unspecified atom stereocenters. The summed E-state index contributed by atoms with van der Waals surface area (Å²) < 4.78 is 45.2. The summed E-state index contributed by atoms with van der Waals surface area (Å²) in [5, 5.41) is 5.09. The highest BCUT2D eigenvalue weighted by Crippen LogP contribution is 2.37. The number of methoxy groups -OCH3 is 1. The Hall–Kier alpha value is -3.30. The van der Waals surface area contributed by atoms with Crippen LogP contribution in [0.4, 0.5) is 23.7 Å². The highest BCUT2D eigenvalue weighted by Gasteiger charge is 2.41. The summed E-state index contributed by atoms with van der Waals surface area (Å²) in [5.41, 5.74) is -0.902. The normalized spacial score (nSPS) is 17.1. The summed E-state index contributed by atoms with van der Waals surface area (Å²) in [6.07, 6.45) is -3.25. The van der Waals surface area contributed by atoms with Crippen molar-refractivity contribution in [1.29, 1.82) is 0 Å². The number of hydrogen-bond donors (Lipinski definition) is 2. The van der Waals surface area contributed by atoms with Crippen LogP contribution in [0.5, 0.6) is 5.88 Å². The fourth-order valence-electron chi connectivity index (χ4n) is 2.98. The Morgan fingerprint density at radius 3 is 2.79 bits per heavy atom. The molecule has 0 radical (unpaired) electrons. The summed E-state index contributed by atoms with van der Waals surface area (Å²) in [7, 11) is 1.41. The van der Waals surface area contributed by atoms with Gasteiger partial charge in [0.2, 0.25) is 11.8 Å². The van der Waals surface area contributed by atoms with E-state index >= 15 is 0 Å². The number of pyridine rings is 1. The van der Waals surface area contributed by atoms with E-state index in [1.165, 1.54) is 43.6 Å². The van der Waals surface area contributed by atoms with Crippen molar-refractivity contribution in [2.75, 3.05) is 25.5 Å². The summed E-state index contributed by atoms with van der Waals surface area (Å²) in [6.45, 7) is 0.188. The van der Waals surface area contributed by atoms with Gasteiger partial charge in [-0.15, -0.1) is 0 Å². The average Bonchev–Trinajstić information content (AvgIpc) is 2.67. The molecule has 7 nitrogen and oxygen atoms in total. The van der Waals surface area contributed by atoms with Gasteiger partial charge in [-0.3, -0.25) is 4.79 Å². The third-order valence-electron chi connectivity index (χ3n) is 4.23. The molecule has 28 heavy (non-hydrogen) atoms. The van der Waals surface area contributed by atoms with Crippen molar-refractivity contribution in [3.05, 3.63) is 53.7 Å². The Balaban J connectivity index is 1.93. The van der Waals surface area contributed by atoms with E-state index < -0.39 is 29.7 Å². The van der Waals surface area contributed by atoms with Crippen molar-refractivity contribution in [2.24, 2.45) is 0 Å². The number of urea groups is 1. The van der Waals surface area contributed by atoms with Crippen LogP contribution in [0.3, 0.4) is 0 Å². The van der Waals surface area contributed by atoms with Crippen LogP contribution >= 0.6 is 0 Å². The zero-order chi connectivity index (χ0) is 20.3. The Bertz CT molecular complexity index is 888. The van der Waals surface area contributed by atoms with Gasteiger partial charge in [-0.1, -0.05) is 18.2 Å². The quantitative estimate of drug-likeness (QED) is 0.839. The first-order valence-corrected chi connectivity index (χ1v) is 8.33. The number of carbonyl (C=O) groups excluding carboxylic acids is 2. The van der Waals surface area contributed by atoms with E-state index in [0.717, 1.165) is 11.0 Å². The third-order valence-corrected chi connectivity index (χ3v) is 4.23. The van der Waals surface area contributed by atoms with E-state index in [0.29, 0.717) is 5.69 Å². The molecule has 1 aromatic heterocycles.